The highest BCUT2D eigenvalue weighted by atomic mass is 16.3. The Kier molecular flexibility index (Phi) is 6.44. The van der Waals surface area contributed by atoms with Gasteiger partial charge in [0, 0.05) is 19.4 Å². The fraction of sp³-hybridized carbons (Fsp3) is 0.533. The van der Waals surface area contributed by atoms with Crippen molar-refractivity contribution in [1.29, 1.82) is 0 Å². The van der Waals surface area contributed by atoms with Gasteiger partial charge in [-0.1, -0.05) is 44.2 Å². The molecule has 1 aromatic rings. The van der Waals surface area contributed by atoms with Crippen LogP contribution in [-0.4, -0.2) is 23.7 Å². The summed E-state index contributed by atoms with van der Waals surface area (Å²) in [5, 5.41) is 12.6. The number of aliphatic hydroxyl groups excluding tert-OH is 1. The molecule has 0 aliphatic rings. The third-order valence-electron chi connectivity index (χ3n) is 2.80. The maximum Gasteiger partial charge on any atom is 0.220 e. The summed E-state index contributed by atoms with van der Waals surface area (Å²) in [6.07, 6.45) is 1.48. The summed E-state index contributed by atoms with van der Waals surface area (Å²) in [7, 11) is 0. The van der Waals surface area contributed by atoms with Gasteiger partial charge < -0.3 is 10.4 Å². The second-order valence-corrected chi connectivity index (χ2v) is 5.08. The number of amides is 1. The highest BCUT2D eigenvalue weighted by Crippen LogP contribution is 2.04. The maximum atomic E-state index is 11.5. The van der Waals surface area contributed by atoms with Crippen LogP contribution in [0.2, 0.25) is 0 Å². The first-order chi connectivity index (χ1) is 8.58. The van der Waals surface area contributed by atoms with Crippen molar-refractivity contribution in [2.45, 2.75) is 39.2 Å². The van der Waals surface area contributed by atoms with Gasteiger partial charge in [0.05, 0.1) is 6.10 Å². The minimum Gasteiger partial charge on any atom is -0.391 e. The van der Waals surface area contributed by atoms with Crippen molar-refractivity contribution in [3.05, 3.63) is 35.9 Å². The number of rotatable bonds is 7. The van der Waals surface area contributed by atoms with Crippen molar-refractivity contribution in [3.63, 3.8) is 0 Å². The van der Waals surface area contributed by atoms with Crippen LogP contribution in [0.1, 0.15) is 32.3 Å². The molecule has 1 rings (SSSR count). The predicted molar refractivity (Wildman–Crippen MR) is 73.2 cm³/mol. The molecule has 0 heterocycles. The average Bonchev–Trinajstić information content (AvgIpc) is 2.35. The van der Waals surface area contributed by atoms with Crippen LogP contribution in [0.4, 0.5) is 0 Å². The van der Waals surface area contributed by atoms with Crippen LogP contribution in [0.15, 0.2) is 30.3 Å². The van der Waals surface area contributed by atoms with E-state index in [1.165, 1.54) is 0 Å². The van der Waals surface area contributed by atoms with E-state index in [-0.39, 0.29) is 5.91 Å². The predicted octanol–water partition coefficient (Wildman–Crippen LogP) is 2.14. The summed E-state index contributed by atoms with van der Waals surface area (Å²) in [4.78, 5) is 11.5. The topological polar surface area (TPSA) is 49.3 Å². The van der Waals surface area contributed by atoms with Gasteiger partial charge in [-0.2, -0.15) is 0 Å². The molecule has 0 spiro atoms. The molecule has 0 aliphatic heterocycles. The van der Waals surface area contributed by atoms with Crippen LogP contribution in [0.5, 0.6) is 0 Å². The fourth-order valence-electron chi connectivity index (χ4n) is 1.70. The van der Waals surface area contributed by atoms with Gasteiger partial charge >= 0.3 is 0 Å². The van der Waals surface area contributed by atoms with Crippen LogP contribution < -0.4 is 5.32 Å². The van der Waals surface area contributed by atoms with E-state index in [1.54, 1.807) is 0 Å². The van der Waals surface area contributed by atoms with Crippen LogP contribution in [0.3, 0.4) is 0 Å². The Morgan fingerprint density at radius 3 is 2.56 bits per heavy atom. The van der Waals surface area contributed by atoms with E-state index in [2.05, 4.69) is 19.2 Å². The molecule has 0 fully saturated rings. The van der Waals surface area contributed by atoms with Gasteiger partial charge in [-0.3, -0.25) is 4.79 Å². The number of benzene rings is 1. The van der Waals surface area contributed by atoms with Crippen molar-refractivity contribution in [1.82, 2.24) is 5.32 Å². The molecule has 0 saturated heterocycles. The normalized spacial score (nSPS) is 12.4. The van der Waals surface area contributed by atoms with Crippen LogP contribution in [0, 0.1) is 5.92 Å². The van der Waals surface area contributed by atoms with Gasteiger partial charge in [-0.05, 0) is 17.9 Å². The lowest BCUT2D eigenvalue weighted by Gasteiger charge is -2.12. The van der Waals surface area contributed by atoms with Gasteiger partial charge in [0.15, 0.2) is 0 Å². The number of carbonyl (C=O) groups is 1. The highest BCUT2D eigenvalue weighted by Gasteiger charge is 2.08. The van der Waals surface area contributed by atoms with E-state index < -0.39 is 6.10 Å². The first-order valence-corrected chi connectivity index (χ1v) is 6.56. The minimum atomic E-state index is -0.518. The Morgan fingerprint density at radius 1 is 1.28 bits per heavy atom. The number of carbonyl (C=O) groups excluding carboxylic acids is 1. The number of nitrogens with one attached hydrogen (secondary N) is 1. The summed E-state index contributed by atoms with van der Waals surface area (Å²) in [6.45, 7) is 4.51. The molecule has 3 heteroatoms. The second kappa shape index (κ2) is 7.88. The molecule has 0 unspecified atom stereocenters. The molecule has 0 bridgehead atoms. The molecule has 1 amide bonds. The Morgan fingerprint density at radius 2 is 1.94 bits per heavy atom. The van der Waals surface area contributed by atoms with Gasteiger partial charge in [-0.25, -0.2) is 0 Å². The minimum absolute atomic E-state index is 0.0239. The summed E-state index contributed by atoms with van der Waals surface area (Å²) in [5.41, 5.74) is 1.08. The Hall–Kier alpha value is -1.35. The summed E-state index contributed by atoms with van der Waals surface area (Å²) >= 11 is 0. The molecule has 0 radical (unpaired) electrons. The van der Waals surface area contributed by atoms with E-state index in [0.29, 0.717) is 25.3 Å². The van der Waals surface area contributed by atoms with Crippen molar-refractivity contribution in [2.75, 3.05) is 6.54 Å². The first-order valence-electron chi connectivity index (χ1n) is 6.56. The molecule has 0 saturated carbocycles. The lowest BCUT2D eigenvalue weighted by atomic mass is 10.1. The first kappa shape index (κ1) is 14.7. The Bertz CT molecular complexity index is 349. The molecule has 0 aromatic heterocycles. The zero-order valence-electron chi connectivity index (χ0n) is 11.2. The molecular weight excluding hydrogens is 226 g/mol. The Balaban J connectivity index is 2.21. The van der Waals surface area contributed by atoms with Gasteiger partial charge in [-0.15, -0.1) is 0 Å². The van der Waals surface area contributed by atoms with Crippen molar-refractivity contribution in [3.8, 4) is 0 Å². The van der Waals surface area contributed by atoms with Crippen LogP contribution in [-0.2, 0) is 11.2 Å². The maximum absolute atomic E-state index is 11.5. The van der Waals surface area contributed by atoms with E-state index in [9.17, 15) is 9.90 Å². The smallest absolute Gasteiger partial charge is 0.220 e. The lowest BCUT2D eigenvalue weighted by molar-refractivity contribution is -0.121. The summed E-state index contributed by atoms with van der Waals surface area (Å²) < 4.78 is 0. The van der Waals surface area contributed by atoms with Gasteiger partial charge in [0.1, 0.15) is 0 Å². The zero-order valence-corrected chi connectivity index (χ0v) is 11.2. The third kappa shape index (κ3) is 6.40. The number of aliphatic hydroxyl groups is 1. The average molecular weight is 249 g/mol. The molecule has 0 aliphatic carbocycles. The van der Waals surface area contributed by atoms with Crippen molar-refractivity contribution in [2.24, 2.45) is 5.92 Å². The molecular formula is C15H23NO2. The summed E-state index contributed by atoms with van der Waals surface area (Å²) in [6, 6.07) is 9.80. The highest BCUT2D eigenvalue weighted by molar-refractivity contribution is 5.75. The van der Waals surface area contributed by atoms with Crippen LogP contribution in [0.25, 0.3) is 0 Å². The molecule has 3 nitrogen and oxygen atoms in total. The van der Waals surface area contributed by atoms with E-state index in [4.69, 9.17) is 0 Å². The van der Waals surface area contributed by atoms with Crippen molar-refractivity contribution < 1.29 is 9.90 Å². The zero-order chi connectivity index (χ0) is 13.4. The standard InChI is InChI=1S/C15H23NO2/c1-12(2)8-9-15(18)16-11-14(17)10-13-6-4-3-5-7-13/h3-7,12,14,17H,8-11H2,1-2H3,(H,16,18)/t14-/m0/s1. The number of hydrogen-bond donors (Lipinski definition) is 2. The quantitative estimate of drug-likeness (QED) is 0.778. The van der Waals surface area contributed by atoms with E-state index in [1.807, 2.05) is 30.3 Å². The number of hydrogen-bond acceptors (Lipinski definition) is 2. The molecule has 18 heavy (non-hydrogen) atoms. The van der Waals surface area contributed by atoms with Crippen molar-refractivity contribution >= 4 is 5.91 Å². The largest absolute Gasteiger partial charge is 0.391 e. The molecule has 2 N–H and O–H groups in total. The second-order valence-electron chi connectivity index (χ2n) is 5.08. The molecule has 100 valence electrons. The van der Waals surface area contributed by atoms with Gasteiger partial charge in [0.25, 0.3) is 0 Å². The van der Waals surface area contributed by atoms with Gasteiger partial charge in [0.2, 0.25) is 5.91 Å². The Labute approximate surface area is 109 Å². The lowest BCUT2D eigenvalue weighted by Crippen LogP contribution is -2.33. The fourth-order valence-corrected chi connectivity index (χ4v) is 1.70. The SMILES string of the molecule is CC(C)CCC(=O)NC[C@@H](O)Cc1ccccc1. The van der Waals surface area contributed by atoms with E-state index in [0.717, 1.165) is 12.0 Å². The van der Waals surface area contributed by atoms with Crippen LogP contribution >= 0.6 is 0 Å². The molecule has 1 atom stereocenters. The monoisotopic (exact) mass is 249 g/mol. The third-order valence-corrected chi connectivity index (χ3v) is 2.80. The molecule has 1 aromatic carbocycles. The van der Waals surface area contributed by atoms with E-state index >= 15 is 0 Å². The summed E-state index contributed by atoms with van der Waals surface area (Å²) in [5.74, 6) is 0.556.